The molecule has 0 unspecified atom stereocenters. The van der Waals surface area contributed by atoms with Crippen LogP contribution < -0.4 is 10.6 Å². The zero-order valence-electron chi connectivity index (χ0n) is 17.1. The van der Waals surface area contributed by atoms with E-state index in [-0.39, 0.29) is 30.7 Å². The highest BCUT2D eigenvalue weighted by Gasteiger charge is 2.26. The second-order valence-electron chi connectivity index (χ2n) is 7.74. The molecule has 1 aromatic carbocycles. The third-order valence-electron chi connectivity index (χ3n) is 5.42. The molecule has 1 fully saturated rings. The van der Waals surface area contributed by atoms with Gasteiger partial charge in [-0.1, -0.05) is 50.1 Å². The number of carbonyl (C=O) groups is 3. The van der Waals surface area contributed by atoms with Crippen LogP contribution in [0.3, 0.4) is 0 Å². The first-order chi connectivity index (χ1) is 14.5. The number of nitrogens with one attached hydrogen (secondary N) is 2. The molecule has 0 aliphatic heterocycles. The lowest BCUT2D eigenvalue weighted by Gasteiger charge is -2.29. The minimum Gasteiger partial charge on any atom is -0.459 e. The fourth-order valence-corrected chi connectivity index (χ4v) is 3.70. The number of esters is 1. The van der Waals surface area contributed by atoms with Gasteiger partial charge in [-0.15, -0.1) is 0 Å². The SMILES string of the molecule is C[C@H]1CCCC[C@@H]1NC(=O)COC(=O)[C@H](Cc1ccccc1)NC(=O)c1ccco1. The van der Waals surface area contributed by atoms with Crippen LogP contribution in [0, 0.1) is 5.92 Å². The van der Waals surface area contributed by atoms with Gasteiger partial charge in [-0.2, -0.15) is 0 Å². The molecule has 3 atom stereocenters. The number of hydrogen-bond donors (Lipinski definition) is 2. The second-order valence-corrected chi connectivity index (χ2v) is 7.74. The molecule has 30 heavy (non-hydrogen) atoms. The molecule has 2 amide bonds. The Hall–Kier alpha value is -3.09. The molecule has 1 aliphatic rings. The van der Waals surface area contributed by atoms with E-state index in [4.69, 9.17) is 9.15 Å². The zero-order valence-corrected chi connectivity index (χ0v) is 17.1. The van der Waals surface area contributed by atoms with Crippen LogP contribution in [-0.4, -0.2) is 36.5 Å². The van der Waals surface area contributed by atoms with Gasteiger partial charge in [0, 0.05) is 12.5 Å². The predicted molar refractivity (Wildman–Crippen MR) is 111 cm³/mol. The maximum Gasteiger partial charge on any atom is 0.329 e. The van der Waals surface area contributed by atoms with Crippen LogP contribution in [0.2, 0.25) is 0 Å². The lowest BCUT2D eigenvalue weighted by Crippen LogP contribution is -2.46. The van der Waals surface area contributed by atoms with Crippen molar-refractivity contribution in [2.45, 2.75) is 51.1 Å². The van der Waals surface area contributed by atoms with Gasteiger partial charge < -0.3 is 19.8 Å². The molecule has 3 rings (SSSR count). The van der Waals surface area contributed by atoms with Crippen LogP contribution in [0.25, 0.3) is 0 Å². The quantitative estimate of drug-likeness (QED) is 0.650. The number of furan rings is 1. The van der Waals surface area contributed by atoms with Crippen molar-refractivity contribution in [3.05, 3.63) is 60.1 Å². The number of ether oxygens (including phenoxy) is 1. The normalized spacial score (nSPS) is 19.5. The second kappa shape index (κ2) is 10.6. The Morgan fingerprint density at radius 2 is 1.87 bits per heavy atom. The Labute approximate surface area is 176 Å². The molecule has 7 nitrogen and oxygen atoms in total. The van der Waals surface area contributed by atoms with Gasteiger partial charge in [-0.25, -0.2) is 4.79 Å². The van der Waals surface area contributed by atoms with E-state index < -0.39 is 17.9 Å². The molecular formula is C23H28N2O5. The minimum absolute atomic E-state index is 0.102. The molecule has 1 saturated carbocycles. The molecule has 1 heterocycles. The number of rotatable bonds is 8. The first-order valence-corrected chi connectivity index (χ1v) is 10.4. The first kappa shape index (κ1) is 21.6. The van der Waals surface area contributed by atoms with E-state index in [1.54, 1.807) is 6.07 Å². The molecule has 7 heteroatoms. The van der Waals surface area contributed by atoms with Crippen molar-refractivity contribution in [3.63, 3.8) is 0 Å². The fraction of sp³-hybridized carbons (Fsp3) is 0.435. The van der Waals surface area contributed by atoms with Gasteiger partial charge in [-0.05, 0) is 36.5 Å². The number of hydrogen-bond acceptors (Lipinski definition) is 5. The first-order valence-electron chi connectivity index (χ1n) is 10.4. The van der Waals surface area contributed by atoms with Crippen molar-refractivity contribution in [3.8, 4) is 0 Å². The number of benzene rings is 1. The van der Waals surface area contributed by atoms with E-state index >= 15 is 0 Å². The van der Waals surface area contributed by atoms with E-state index in [9.17, 15) is 14.4 Å². The van der Waals surface area contributed by atoms with E-state index in [0.29, 0.717) is 5.92 Å². The van der Waals surface area contributed by atoms with Crippen LogP contribution in [0.5, 0.6) is 0 Å². The highest BCUT2D eigenvalue weighted by Crippen LogP contribution is 2.23. The zero-order chi connectivity index (χ0) is 21.3. The molecule has 0 bridgehead atoms. The summed E-state index contributed by atoms with van der Waals surface area (Å²) < 4.78 is 10.3. The minimum atomic E-state index is -0.939. The van der Waals surface area contributed by atoms with Crippen LogP contribution in [0.1, 0.15) is 48.7 Å². The highest BCUT2D eigenvalue weighted by molar-refractivity contribution is 5.94. The van der Waals surface area contributed by atoms with Gasteiger partial charge in [0.1, 0.15) is 6.04 Å². The highest BCUT2D eigenvalue weighted by atomic mass is 16.5. The predicted octanol–water partition coefficient (Wildman–Crippen LogP) is 2.86. The van der Waals surface area contributed by atoms with Gasteiger partial charge in [0.2, 0.25) is 0 Å². The topological polar surface area (TPSA) is 97.6 Å². The standard InChI is InChI=1S/C23H28N2O5/c1-16-8-5-6-11-18(16)24-21(26)15-30-23(28)19(14-17-9-3-2-4-10-17)25-22(27)20-12-7-13-29-20/h2-4,7,9-10,12-13,16,18-19H,5-6,8,11,14-15H2,1H3,(H,24,26)(H,25,27)/t16-,18-,19-/m0/s1. The number of amides is 2. The summed E-state index contributed by atoms with van der Waals surface area (Å²) in [5.74, 6) is -0.983. The average molecular weight is 412 g/mol. The van der Waals surface area contributed by atoms with Crippen LogP contribution >= 0.6 is 0 Å². The van der Waals surface area contributed by atoms with Crippen LogP contribution in [0.15, 0.2) is 53.1 Å². The molecular weight excluding hydrogens is 384 g/mol. The lowest BCUT2D eigenvalue weighted by molar-refractivity contribution is -0.150. The summed E-state index contributed by atoms with van der Waals surface area (Å²) in [6, 6.07) is 11.6. The van der Waals surface area contributed by atoms with E-state index in [1.165, 1.54) is 18.8 Å². The Morgan fingerprint density at radius 3 is 2.57 bits per heavy atom. The van der Waals surface area contributed by atoms with Gasteiger partial charge in [0.15, 0.2) is 12.4 Å². The average Bonchev–Trinajstić information content (AvgIpc) is 3.29. The van der Waals surface area contributed by atoms with Crippen LogP contribution in [0.4, 0.5) is 0 Å². The van der Waals surface area contributed by atoms with Crippen molar-refractivity contribution in [1.82, 2.24) is 10.6 Å². The van der Waals surface area contributed by atoms with Gasteiger partial charge in [0.25, 0.3) is 11.8 Å². The summed E-state index contributed by atoms with van der Waals surface area (Å²) in [7, 11) is 0. The molecule has 1 aromatic heterocycles. The maximum absolute atomic E-state index is 12.7. The summed E-state index contributed by atoms with van der Waals surface area (Å²) in [6.45, 7) is 1.75. The third kappa shape index (κ3) is 6.20. The largest absolute Gasteiger partial charge is 0.459 e. The lowest BCUT2D eigenvalue weighted by atomic mass is 9.86. The molecule has 2 N–H and O–H groups in total. The van der Waals surface area contributed by atoms with Crippen molar-refractivity contribution in [1.29, 1.82) is 0 Å². The van der Waals surface area contributed by atoms with Crippen molar-refractivity contribution < 1.29 is 23.5 Å². The monoisotopic (exact) mass is 412 g/mol. The Bertz CT molecular complexity index is 835. The summed E-state index contributed by atoms with van der Waals surface area (Å²) in [5.41, 5.74) is 0.861. The van der Waals surface area contributed by atoms with E-state index in [1.807, 2.05) is 30.3 Å². The van der Waals surface area contributed by atoms with E-state index in [2.05, 4.69) is 17.6 Å². The fourth-order valence-electron chi connectivity index (χ4n) is 3.70. The summed E-state index contributed by atoms with van der Waals surface area (Å²) in [4.78, 5) is 37.3. The van der Waals surface area contributed by atoms with Crippen LogP contribution in [-0.2, 0) is 20.7 Å². The molecule has 1 aliphatic carbocycles. The third-order valence-corrected chi connectivity index (χ3v) is 5.42. The summed E-state index contributed by atoms with van der Waals surface area (Å²) >= 11 is 0. The van der Waals surface area contributed by atoms with Crippen molar-refractivity contribution in [2.24, 2.45) is 5.92 Å². The molecule has 0 radical (unpaired) electrons. The van der Waals surface area contributed by atoms with Gasteiger partial charge >= 0.3 is 5.97 Å². The molecule has 0 spiro atoms. The van der Waals surface area contributed by atoms with Crippen molar-refractivity contribution >= 4 is 17.8 Å². The number of carbonyl (C=O) groups excluding carboxylic acids is 3. The Kier molecular flexibility index (Phi) is 7.65. The van der Waals surface area contributed by atoms with Gasteiger partial charge in [0.05, 0.1) is 6.26 Å². The van der Waals surface area contributed by atoms with Gasteiger partial charge in [-0.3, -0.25) is 9.59 Å². The Balaban J connectivity index is 1.58. The van der Waals surface area contributed by atoms with E-state index in [0.717, 1.165) is 24.8 Å². The summed E-state index contributed by atoms with van der Waals surface area (Å²) in [6.07, 6.45) is 5.93. The smallest absolute Gasteiger partial charge is 0.329 e. The molecule has 160 valence electrons. The molecule has 2 aromatic rings. The maximum atomic E-state index is 12.7. The Morgan fingerprint density at radius 1 is 1.10 bits per heavy atom. The summed E-state index contributed by atoms with van der Waals surface area (Å²) in [5, 5.41) is 5.60. The molecule has 0 saturated heterocycles. The van der Waals surface area contributed by atoms with Crippen molar-refractivity contribution in [2.75, 3.05) is 6.61 Å².